The van der Waals surface area contributed by atoms with Gasteiger partial charge in [-0.25, -0.2) is 4.68 Å². The summed E-state index contributed by atoms with van der Waals surface area (Å²) in [5.74, 6) is 0. The molecule has 0 fully saturated rings. The molecule has 4 nitrogen and oxygen atoms in total. The van der Waals surface area contributed by atoms with Gasteiger partial charge >= 0.3 is 6.18 Å². The molecule has 0 spiro atoms. The van der Waals surface area contributed by atoms with Gasteiger partial charge in [0.05, 0.1) is 0 Å². The summed E-state index contributed by atoms with van der Waals surface area (Å²) >= 11 is 0. The molecular formula is C8H9F3N4. The number of unbranched alkanes of at least 4 members (excludes halogenated alkanes) is 1. The minimum atomic E-state index is -4.62. The van der Waals surface area contributed by atoms with Gasteiger partial charge in [0.1, 0.15) is 6.07 Å². The van der Waals surface area contributed by atoms with Crippen LogP contribution in [0.15, 0.2) is 0 Å². The number of nitrogens with zero attached hydrogens (tertiary/aromatic N) is 4. The monoisotopic (exact) mass is 218 g/mol. The predicted octanol–water partition coefficient (Wildman–Crippen LogP) is 1.97. The van der Waals surface area contributed by atoms with Gasteiger partial charge in [0.2, 0.25) is 5.69 Å². The normalized spacial score (nSPS) is 11.4. The summed E-state index contributed by atoms with van der Waals surface area (Å²) in [6, 6.07) is 1.48. The van der Waals surface area contributed by atoms with Gasteiger partial charge in [0, 0.05) is 6.54 Å². The first-order valence-corrected chi connectivity index (χ1v) is 4.41. The maximum Gasteiger partial charge on any atom is 0.438 e. The molecule has 15 heavy (non-hydrogen) atoms. The number of alkyl halides is 3. The highest BCUT2D eigenvalue weighted by molar-refractivity contribution is 5.27. The minimum absolute atomic E-state index is 0.280. The lowest BCUT2D eigenvalue weighted by atomic mass is 10.3. The second kappa shape index (κ2) is 4.29. The molecule has 0 amide bonds. The standard InChI is InChI=1S/C8H9F3N4/c1-2-3-4-15-6(5-12)7(13-14-15)8(9,10)11/h2-4H2,1H3. The molecule has 1 aromatic heterocycles. The predicted molar refractivity (Wildman–Crippen MR) is 44.6 cm³/mol. The molecule has 0 saturated heterocycles. The molecule has 1 rings (SSSR count). The molecule has 0 unspecified atom stereocenters. The van der Waals surface area contributed by atoms with Gasteiger partial charge in [0.25, 0.3) is 0 Å². The molecule has 0 atom stereocenters. The Kier molecular flexibility index (Phi) is 3.29. The van der Waals surface area contributed by atoms with Crippen molar-refractivity contribution in [2.45, 2.75) is 32.5 Å². The first-order chi connectivity index (χ1) is 7.00. The van der Waals surface area contributed by atoms with Crippen molar-refractivity contribution < 1.29 is 13.2 Å². The van der Waals surface area contributed by atoms with Crippen LogP contribution in [0.25, 0.3) is 0 Å². The number of hydrogen-bond donors (Lipinski definition) is 0. The Balaban J connectivity index is 3.02. The van der Waals surface area contributed by atoms with Crippen molar-refractivity contribution >= 4 is 0 Å². The molecule has 7 heteroatoms. The van der Waals surface area contributed by atoms with Crippen molar-refractivity contribution in [3.05, 3.63) is 11.4 Å². The number of nitriles is 1. The quantitative estimate of drug-likeness (QED) is 0.779. The Morgan fingerprint density at radius 3 is 2.60 bits per heavy atom. The van der Waals surface area contributed by atoms with Crippen molar-refractivity contribution in [1.29, 1.82) is 5.26 Å². The Morgan fingerprint density at radius 2 is 2.13 bits per heavy atom. The summed E-state index contributed by atoms with van der Waals surface area (Å²) in [7, 11) is 0. The van der Waals surface area contributed by atoms with E-state index < -0.39 is 17.6 Å². The van der Waals surface area contributed by atoms with Crippen LogP contribution in [0, 0.1) is 11.3 Å². The van der Waals surface area contributed by atoms with Crippen molar-refractivity contribution in [2.75, 3.05) is 0 Å². The summed E-state index contributed by atoms with van der Waals surface area (Å²) < 4.78 is 37.9. The fourth-order valence-electron chi connectivity index (χ4n) is 1.08. The van der Waals surface area contributed by atoms with E-state index in [1.165, 1.54) is 6.07 Å². The molecule has 0 aliphatic rings. The molecule has 1 aromatic rings. The minimum Gasteiger partial charge on any atom is -0.234 e. The van der Waals surface area contributed by atoms with Crippen LogP contribution in [0.1, 0.15) is 31.2 Å². The third-order valence-corrected chi connectivity index (χ3v) is 1.83. The summed E-state index contributed by atoms with van der Waals surface area (Å²) in [6.45, 7) is 2.18. The van der Waals surface area contributed by atoms with Crippen molar-refractivity contribution in [1.82, 2.24) is 15.0 Å². The third-order valence-electron chi connectivity index (χ3n) is 1.83. The summed E-state index contributed by atoms with van der Waals surface area (Å²) in [5.41, 5.74) is -1.72. The summed E-state index contributed by atoms with van der Waals surface area (Å²) in [5, 5.41) is 14.9. The molecular weight excluding hydrogens is 209 g/mol. The van der Waals surface area contributed by atoms with Crippen LogP contribution in [0.5, 0.6) is 0 Å². The first-order valence-electron chi connectivity index (χ1n) is 4.41. The Bertz CT molecular complexity index is 374. The van der Waals surface area contributed by atoms with Gasteiger partial charge < -0.3 is 0 Å². The van der Waals surface area contributed by atoms with Crippen LogP contribution < -0.4 is 0 Å². The topological polar surface area (TPSA) is 54.5 Å². The molecule has 0 radical (unpaired) electrons. The van der Waals surface area contributed by atoms with Gasteiger partial charge in [0.15, 0.2) is 5.69 Å². The molecule has 0 bridgehead atoms. The maximum atomic E-state index is 12.3. The van der Waals surface area contributed by atoms with E-state index in [-0.39, 0.29) is 6.54 Å². The zero-order chi connectivity index (χ0) is 11.5. The van der Waals surface area contributed by atoms with E-state index in [2.05, 4.69) is 10.3 Å². The molecule has 0 N–H and O–H groups in total. The number of aryl methyl sites for hydroxylation is 1. The lowest BCUT2D eigenvalue weighted by Crippen LogP contribution is -2.10. The Hall–Kier alpha value is -1.58. The van der Waals surface area contributed by atoms with Gasteiger partial charge in [-0.1, -0.05) is 18.6 Å². The molecule has 0 aliphatic carbocycles. The number of aromatic nitrogens is 3. The molecule has 0 aromatic carbocycles. The second-order valence-electron chi connectivity index (χ2n) is 2.97. The van der Waals surface area contributed by atoms with Crippen LogP contribution >= 0.6 is 0 Å². The molecule has 82 valence electrons. The highest BCUT2D eigenvalue weighted by atomic mass is 19.4. The number of halogens is 3. The smallest absolute Gasteiger partial charge is 0.234 e. The fourth-order valence-corrected chi connectivity index (χ4v) is 1.08. The number of hydrogen-bond acceptors (Lipinski definition) is 3. The zero-order valence-corrected chi connectivity index (χ0v) is 8.04. The van der Waals surface area contributed by atoms with Crippen LogP contribution in [0.4, 0.5) is 13.2 Å². The van der Waals surface area contributed by atoms with E-state index in [0.29, 0.717) is 6.42 Å². The fraction of sp³-hybridized carbons (Fsp3) is 0.625. The van der Waals surface area contributed by atoms with Gasteiger partial charge in [-0.05, 0) is 6.42 Å². The first kappa shape index (κ1) is 11.5. The van der Waals surface area contributed by atoms with E-state index in [9.17, 15) is 13.2 Å². The van der Waals surface area contributed by atoms with E-state index in [1.54, 1.807) is 0 Å². The SMILES string of the molecule is CCCCn1nnc(C(F)(F)F)c1C#N. The summed E-state index contributed by atoms with van der Waals surface area (Å²) in [6.07, 6.45) is -3.14. The lowest BCUT2D eigenvalue weighted by molar-refractivity contribution is -0.141. The largest absolute Gasteiger partial charge is 0.438 e. The highest BCUT2D eigenvalue weighted by Crippen LogP contribution is 2.29. The van der Waals surface area contributed by atoms with Crippen molar-refractivity contribution in [3.63, 3.8) is 0 Å². The molecule has 0 saturated carbocycles. The highest BCUT2D eigenvalue weighted by Gasteiger charge is 2.38. The van der Waals surface area contributed by atoms with Crippen LogP contribution in [-0.4, -0.2) is 15.0 Å². The van der Waals surface area contributed by atoms with Crippen LogP contribution in [0.2, 0.25) is 0 Å². The number of rotatable bonds is 3. The van der Waals surface area contributed by atoms with E-state index in [0.717, 1.165) is 11.1 Å². The molecule has 1 heterocycles. The van der Waals surface area contributed by atoms with Crippen molar-refractivity contribution in [3.8, 4) is 6.07 Å². The van der Waals surface area contributed by atoms with Crippen LogP contribution in [0.3, 0.4) is 0 Å². The zero-order valence-electron chi connectivity index (χ0n) is 8.04. The van der Waals surface area contributed by atoms with Gasteiger partial charge in [-0.15, -0.1) is 5.10 Å². The van der Waals surface area contributed by atoms with Crippen molar-refractivity contribution in [2.24, 2.45) is 0 Å². The van der Waals surface area contributed by atoms with Crippen LogP contribution in [-0.2, 0) is 12.7 Å². The lowest BCUT2D eigenvalue weighted by Gasteiger charge is -2.02. The van der Waals surface area contributed by atoms with Gasteiger partial charge in [-0.3, -0.25) is 0 Å². The Morgan fingerprint density at radius 1 is 1.47 bits per heavy atom. The average molecular weight is 218 g/mol. The third kappa shape index (κ3) is 2.46. The van der Waals surface area contributed by atoms with E-state index >= 15 is 0 Å². The van der Waals surface area contributed by atoms with Gasteiger partial charge in [-0.2, -0.15) is 18.4 Å². The summed E-state index contributed by atoms with van der Waals surface area (Å²) in [4.78, 5) is 0. The Labute approximate surface area is 84.3 Å². The average Bonchev–Trinajstić information content (AvgIpc) is 2.56. The second-order valence-corrected chi connectivity index (χ2v) is 2.97. The van der Waals surface area contributed by atoms with E-state index in [1.807, 2.05) is 6.92 Å². The maximum absolute atomic E-state index is 12.3. The molecule has 0 aliphatic heterocycles. The van der Waals surface area contributed by atoms with E-state index in [4.69, 9.17) is 5.26 Å².